The van der Waals surface area contributed by atoms with E-state index in [1.54, 1.807) is 13.8 Å². The first-order valence-corrected chi connectivity index (χ1v) is 6.46. The van der Waals surface area contributed by atoms with Crippen molar-refractivity contribution in [2.24, 2.45) is 0 Å². The fourth-order valence-electron chi connectivity index (χ4n) is 2.05. The standard InChI is InChI=1S/C12H25NO6/c1-4-9(16)12(19,13(5-2)6-3)11(18)10(17)8(15)7-14/h8,10-11,14-15,17-19H,4-7H2,1-3H3/t8-,10-,11+,12+/m1/s1. The molecule has 0 aliphatic carbocycles. The number of aliphatic hydroxyl groups excluding tert-OH is 4. The Morgan fingerprint density at radius 2 is 1.63 bits per heavy atom. The number of aliphatic hydroxyl groups is 5. The minimum Gasteiger partial charge on any atom is -0.394 e. The maximum absolute atomic E-state index is 11.9. The van der Waals surface area contributed by atoms with E-state index >= 15 is 0 Å². The van der Waals surface area contributed by atoms with Gasteiger partial charge in [-0.05, 0) is 13.1 Å². The molecule has 0 aliphatic rings. The molecule has 0 radical (unpaired) electrons. The highest BCUT2D eigenvalue weighted by Gasteiger charge is 2.50. The van der Waals surface area contributed by atoms with Gasteiger partial charge in [-0.25, -0.2) is 0 Å². The second-order valence-corrected chi connectivity index (χ2v) is 4.36. The van der Waals surface area contributed by atoms with E-state index in [-0.39, 0.29) is 19.5 Å². The molecule has 0 fully saturated rings. The lowest BCUT2D eigenvalue weighted by Gasteiger charge is -2.42. The van der Waals surface area contributed by atoms with E-state index in [1.165, 1.54) is 11.8 Å². The number of ketones is 1. The van der Waals surface area contributed by atoms with Crippen LogP contribution in [0.3, 0.4) is 0 Å². The van der Waals surface area contributed by atoms with Crippen molar-refractivity contribution in [2.75, 3.05) is 19.7 Å². The quantitative estimate of drug-likeness (QED) is 0.312. The summed E-state index contributed by atoms with van der Waals surface area (Å²) in [6.07, 6.45) is -5.42. The monoisotopic (exact) mass is 279 g/mol. The lowest BCUT2D eigenvalue weighted by atomic mass is 9.91. The van der Waals surface area contributed by atoms with E-state index in [9.17, 15) is 25.2 Å². The normalized spacial score (nSPS) is 19.8. The molecule has 0 amide bonds. The molecule has 0 aromatic rings. The van der Waals surface area contributed by atoms with Gasteiger partial charge in [-0.2, -0.15) is 0 Å². The fourth-order valence-corrected chi connectivity index (χ4v) is 2.05. The second-order valence-electron chi connectivity index (χ2n) is 4.36. The molecule has 0 saturated heterocycles. The number of carbonyl (C=O) groups excluding carboxylic acids is 1. The van der Waals surface area contributed by atoms with Crippen molar-refractivity contribution >= 4 is 5.78 Å². The first-order valence-electron chi connectivity index (χ1n) is 6.46. The molecule has 0 rings (SSSR count). The SMILES string of the molecule is CCC(=O)[C@](O)([C@@H](O)[C@H](O)[C@H](O)CO)N(CC)CC. The van der Waals surface area contributed by atoms with Crippen molar-refractivity contribution in [2.45, 2.75) is 51.2 Å². The maximum Gasteiger partial charge on any atom is 0.207 e. The Labute approximate surface area is 113 Å². The smallest absolute Gasteiger partial charge is 0.207 e. The summed E-state index contributed by atoms with van der Waals surface area (Å²) in [7, 11) is 0. The molecule has 0 spiro atoms. The average Bonchev–Trinajstić information content (AvgIpc) is 2.44. The molecule has 5 N–H and O–H groups in total. The molecule has 0 aromatic heterocycles. The third-order valence-electron chi connectivity index (χ3n) is 3.29. The van der Waals surface area contributed by atoms with Crippen molar-refractivity contribution in [3.8, 4) is 0 Å². The number of rotatable bonds is 9. The van der Waals surface area contributed by atoms with E-state index in [0.717, 1.165) is 0 Å². The Bertz CT molecular complexity index is 283. The topological polar surface area (TPSA) is 121 Å². The van der Waals surface area contributed by atoms with Crippen LogP contribution in [0.2, 0.25) is 0 Å². The number of nitrogens with zero attached hydrogens (tertiary/aromatic N) is 1. The van der Waals surface area contributed by atoms with Crippen LogP contribution in [-0.2, 0) is 4.79 Å². The van der Waals surface area contributed by atoms with Gasteiger partial charge in [0.1, 0.15) is 18.3 Å². The zero-order chi connectivity index (χ0) is 15.2. The zero-order valence-electron chi connectivity index (χ0n) is 11.7. The van der Waals surface area contributed by atoms with Crippen molar-refractivity contribution < 1.29 is 30.3 Å². The van der Waals surface area contributed by atoms with Gasteiger partial charge in [0.2, 0.25) is 5.72 Å². The Kier molecular flexibility index (Phi) is 7.65. The molecule has 0 heterocycles. The van der Waals surface area contributed by atoms with E-state index in [1.807, 2.05) is 0 Å². The highest BCUT2D eigenvalue weighted by Crippen LogP contribution is 2.23. The molecule has 4 atom stereocenters. The number of hydrogen-bond donors (Lipinski definition) is 5. The van der Waals surface area contributed by atoms with Crippen molar-refractivity contribution in [3.63, 3.8) is 0 Å². The molecule has 0 unspecified atom stereocenters. The van der Waals surface area contributed by atoms with Crippen LogP contribution in [-0.4, -0.2) is 79.9 Å². The summed E-state index contributed by atoms with van der Waals surface area (Å²) in [4.78, 5) is 13.2. The van der Waals surface area contributed by atoms with E-state index < -0.39 is 36.4 Å². The van der Waals surface area contributed by atoms with Gasteiger partial charge in [-0.1, -0.05) is 20.8 Å². The van der Waals surface area contributed by atoms with E-state index in [0.29, 0.717) is 0 Å². The van der Waals surface area contributed by atoms with Gasteiger partial charge in [0.15, 0.2) is 5.78 Å². The van der Waals surface area contributed by atoms with Gasteiger partial charge >= 0.3 is 0 Å². The minimum absolute atomic E-state index is 0.0357. The van der Waals surface area contributed by atoms with Crippen LogP contribution < -0.4 is 0 Å². The summed E-state index contributed by atoms with van der Waals surface area (Å²) in [5.74, 6) is -0.659. The largest absolute Gasteiger partial charge is 0.394 e. The Morgan fingerprint density at radius 1 is 1.16 bits per heavy atom. The summed E-state index contributed by atoms with van der Waals surface area (Å²) >= 11 is 0. The highest BCUT2D eigenvalue weighted by molar-refractivity contribution is 5.87. The molecular formula is C12H25NO6. The Morgan fingerprint density at radius 3 is 1.95 bits per heavy atom. The van der Waals surface area contributed by atoms with Gasteiger partial charge in [0.25, 0.3) is 0 Å². The molecule has 0 bridgehead atoms. The number of Topliss-reactive ketones (excluding diaryl/α,β-unsaturated/α-hetero) is 1. The van der Waals surface area contributed by atoms with Crippen LogP contribution in [0.5, 0.6) is 0 Å². The summed E-state index contributed by atoms with van der Waals surface area (Å²) in [5.41, 5.74) is -2.28. The van der Waals surface area contributed by atoms with E-state index in [2.05, 4.69) is 0 Å². The molecule has 0 saturated carbocycles. The Hall–Kier alpha value is -0.570. The van der Waals surface area contributed by atoms with Gasteiger partial charge < -0.3 is 25.5 Å². The van der Waals surface area contributed by atoms with Crippen LogP contribution in [0.25, 0.3) is 0 Å². The first kappa shape index (κ1) is 18.4. The lowest BCUT2D eigenvalue weighted by molar-refractivity contribution is -0.217. The van der Waals surface area contributed by atoms with Gasteiger partial charge in [0, 0.05) is 6.42 Å². The molecule has 0 aliphatic heterocycles. The molecule has 7 nitrogen and oxygen atoms in total. The number of likely N-dealkylation sites (N-methyl/N-ethyl adjacent to an activating group) is 1. The van der Waals surface area contributed by atoms with Crippen LogP contribution in [0, 0.1) is 0 Å². The highest BCUT2D eigenvalue weighted by atomic mass is 16.4. The summed E-state index contributed by atoms with van der Waals surface area (Å²) in [6.45, 7) is 4.68. The molecule has 114 valence electrons. The predicted molar refractivity (Wildman–Crippen MR) is 68.3 cm³/mol. The van der Waals surface area contributed by atoms with Crippen molar-refractivity contribution in [1.82, 2.24) is 4.90 Å². The lowest BCUT2D eigenvalue weighted by Crippen LogP contribution is -2.66. The number of hydrogen-bond acceptors (Lipinski definition) is 7. The summed E-state index contributed by atoms with van der Waals surface area (Å²) in [6, 6.07) is 0. The second kappa shape index (κ2) is 7.88. The molecule has 0 aromatic carbocycles. The first-order chi connectivity index (χ1) is 8.80. The van der Waals surface area contributed by atoms with Gasteiger partial charge in [-0.15, -0.1) is 0 Å². The average molecular weight is 279 g/mol. The number of carbonyl (C=O) groups is 1. The molecule has 7 heteroatoms. The van der Waals surface area contributed by atoms with Crippen LogP contribution in [0.1, 0.15) is 27.2 Å². The maximum atomic E-state index is 11.9. The molecule has 19 heavy (non-hydrogen) atoms. The minimum atomic E-state index is -2.28. The van der Waals surface area contributed by atoms with Crippen LogP contribution in [0.4, 0.5) is 0 Å². The van der Waals surface area contributed by atoms with E-state index in [4.69, 9.17) is 5.11 Å². The van der Waals surface area contributed by atoms with Crippen molar-refractivity contribution in [1.29, 1.82) is 0 Å². The zero-order valence-corrected chi connectivity index (χ0v) is 11.7. The van der Waals surface area contributed by atoms with Crippen LogP contribution in [0.15, 0.2) is 0 Å². The van der Waals surface area contributed by atoms with Gasteiger partial charge in [-0.3, -0.25) is 9.69 Å². The fraction of sp³-hybridized carbons (Fsp3) is 0.917. The van der Waals surface area contributed by atoms with Crippen molar-refractivity contribution in [3.05, 3.63) is 0 Å². The Balaban J connectivity index is 5.41. The van der Waals surface area contributed by atoms with Crippen LogP contribution >= 0.6 is 0 Å². The third-order valence-corrected chi connectivity index (χ3v) is 3.29. The summed E-state index contributed by atoms with van der Waals surface area (Å²) in [5, 5.41) is 48.4. The summed E-state index contributed by atoms with van der Waals surface area (Å²) < 4.78 is 0. The predicted octanol–water partition coefficient (Wildman–Crippen LogP) is -1.93. The molecular weight excluding hydrogens is 254 g/mol. The third kappa shape index (κ3) is 3.71. The van der Waals surface area contributed by atoms with Gasteiger partial charge in [0.05, 0.1) is 6.61 Å².